The van der Waals surface area contributed by atoms with Crippen molar-refractivity contribution >= 4 is 11.6 Å². The standard InChI is InChI=1S/C14H20ClNO3.ClH/c1-17-13-7-10(6-12(15)14(13)18-2)8-16-9-11-4-3-5-19-11;/h6-7,11,16H,3-5,8-9H2,1-2H3;1H/p-1. The summed E-state index contributed by atoms with van der Waals surface area (Å²) in [5.74, 6) is 1.23. The van der Waals surface area contributed by atoms with Crippen LogP contribution in [0.3, 0.4) is 0 Å². The molecule has 0 amide bonds. The van der Waals surface area contributed by atoms with Gasteiger partial charge in [-0.1, -0.05) is 11.6 Å². The van der Waals surface area contributed by atoms with Crippen LogP contribution in [0.5, 0.6) is 11.5 Å². The summed E-state index contributed by atoms with van der Waals surface area (Å²) < 4.78 is 16.0. The highest BCUT2D eigenvalue weighted by atomic mass is 35.5. The highest BCUT2D eigenvalue weighted by molar-refractivity contribution is 6.32. The molecule has 2 rings (SSSR count). The molecule has 6 heteroatoms. The van der Waals surface area contributed by atoms with Crippen molar-refractivity contribution in [1.29, 1.82) is 0 Å². The van der Waals surface area contributed by atoms with Crippen LogP contribution in [0.2, 0.25) is 5.02 Å². The number of methoxy groups -OCH3 is 2. The van der Waals surface area contributed by atoms with Crippen LogP contribution < -0.4 is 27.2 Å². The van der Waals surface area contributed by atoms with Crippen LogP contribution in [0.25, 0.3) is 0 Å². The van der Waals surface area contributed by atoms with Gasteiger partial charge in [-0.25, -0.2) is 0 Å². The number of hydrogen-bond acceptors (Lipinski definition) is 4. The Labute approximate surface area is 131 Å². The van der Waals surface area contributed by atoms with E-state index in [0.717, 1.165) is 38.1 Å². The first-order valence-electron chi connectivity index (χ1n) is 6.47. The summed E-state index contributed by atoms with van der Waals surface area (Å²) in [4.78, 5) is 0. The molecule has 1 aliphatic rings. The van der Waals surface area contributed by atoms with E-state index < -0.39 is 0 Å². The molecular weight excluding hydrogens is 301 g/mol. The lowest BCUT2D eigenvalue weighted by atomic mass is 10.2. The van der Waals surface area contributed by atoms with E-state index in [1.807, 2.05) is 12.1 Å². The monoisotopic (exact) mass is 320 g/mol. The maximum atomic E-state index is 6.16. The molecule has 1 atom stereocenters. The summed E-state index contributed by atoms with van der Waals surface area (Å²) in [6, 6.07) is 3.83. The lowest BCUT2D eigenvalue weighted by Gasteiger charge is -2.14. The van der Waals surface area contributed by atoms with Gasteiger partial charge in [0.2, 0.25) is 0 Å². The number of rotatable bonds is 6. The maximum absolute atomic E-state index is 6.16. The minimum Gasteiger partial charge on any atom is -1.00 e. The third kappa shape index (κ3) is 4.42. The summed E-state index contributed by atoms with van der Waals surface area (Å²) in [6.45, 7) is 2.49. The van der Waals surface area contributed by atoms with Gasteiger partial charge in [0.15, 0.2) is 11.5 Å². The molecule has 0 saturated carbocycles. The normalized spacial score (nSPS) is 17.6. The number of nitrogens with one attached hydrogen (secondary N) is 1. The molecule has 0 aliphatic carbocycles. The molecule has 20 heavy (non-hydrogen) atoms. The Bertz CT molecular complexity index is 423. The Morgan fingerprint density at radius 1 is 1.35 bits per heavy atom. The fourth-order valence-corrected chi connectivity index (χ4v) is 2.57. The number of benzene rings is 1. The smallest absolute Gasteiger partial charge is 0.179 e. The van der Waals surface area contributed by atoms with Gasteiger partial charge >= 0.3 is 0 Å². The van der Waals surface area contributed by atoms with Crippen LogP contribution in [0.4, 0.5) is 0 Å². The van der Waals surface area contributed by atoms with Crippen molar-refractivity contribution < 1.29 is 26.6 Å². The van der Waals surface area contributed by atoms with Crippen molar-refractivity contribution in [3.8, 4) is 11.5 Å². The molecule has 0 aromatic heterocycles. The minimum atomic E-state index is 0. The second-order valence-corrected chi connectivity index (χ2v) is 4.99. The van der Waals surface area contributed by atoms with E-state index in [1.165, 1.54) is 0 Å². The zero-order chi connectivity index (χ0) is 13.7. The topological polar surface area (TPSA) is 39.7 Å². The highest BCUT2D eigenvalue weighted by Crippen LogP contribution is 2.35. The van der Waals surface area contributed by atoms with Gasteiger partial charge in [-0.15, -0.1) is 0 Å². The van der Waals surface area contributed by atoms with Crippen LogP contribution in [-0.2, 0) is 11.3 Å². The summed E-state index contributed by atoms with van der Waals surface area (Å²) >= 11 is 6.16. The largest absolute Gasteiger partial charge is 1.00 e. The lowest BCUT2D eigenvalue weighted by Crippen LogP contribution is -3.00. The van der Waals surface area contributed by atoms with Gasteiger partial charge in [-0.3, -0.25) is 0 Å². The Hall–Kier alpha value is -0.680. The SMILES string of the molecule is COc1cc(CNCC2CCCO2)cc(Cl)c1OC.[Cl-]. The van der Waals surface area contributed by atoms with Crippen molar-refractivity contribution in [2.24, 2.45) is 0 Å². The van der Waals surface area contributed by atoms with E-state index in [-0.39, 0.29) is 12.4 Å². The Morgan fingerprint density at radius 2 is 2.15 bits per heavy atom. The van der Waals surface area contributed by atoms with Gasteiger partial charge in [-0.2, -0.15) is 0 Å². The molecule has 1 heterocycles. The molecule has 1 fully saturated rings. The van der Waals surface area contributed by atoms with E-state index in [1.54, 1.807) is 14.2 Å². The lowest BCUT2D eigenvalue weighted by molar-refractivity contribution is -0.00000569. The molecule has 1 aromatic carbocycles. The zero-order valence-electron chi connectivity index (χ0n) is 11.7. The molecule has 1 saturated heterocycles. The molecule has 0 spiro atoms. The second-order valence-electron chi connectivity index (χ2n) is 4.58. The van der Waals surface area contributed by atoms with Crippen molar-refractivity contribution in [2.75, 3.05) is 27.4 Å². The first-order valence-corrected chi connectivity index (χ1v) is 6.85. The van der Waals surface area contributed by atoms with Crippen molar-refractivity contribution in [3.63, 3.8) is 0 Å². The Kier molecular flexibility index (Phi) is 7.45. The van der Waals surface area contributed by atoms with Gasteiger partial charge < -0.3 is 31.9 Å². The first kappa shape index (κ1) is 17.4. The van der Waals surface area contributed by atoms with Crippen LogP contribution in [0.15, 0.2) is 12.1 Å². The fourth-order valence-electron chi connectivity index (χ4n) is 2.26. The molecule has 0 radical (unpaired) electrons. The van der Waals surface area contributed by atoms with E-state index in [0.29, 0.717) is 22.6 Å². The number of ether oxygens (including phenoxy) is 3. The number of hydrogen-bond donors (Lipinski definition) is 1. The van der Waals surface area contributed by atoms with E-state index in [2.05, 4.69) is 5.32 Å². The maximum Gasteiger partial charge on any atom is 0.179 e. The molecule has 1 unspecified atom stereocenters. The summed E-state index contributed by atoms with van der Waals surface area (Å²) in [5.41, 5.74) is 1.07. The van der Waals surface area contributed by atoms with Crippen molar-refractivity contribution in [2.45, 2.75) is 25.5 Å². The van der Waals surface area contributed by atoms with Crippen molar-refractivity contribution in [1.82, 2.24) is 5.32 Å². The van der Waals surface area contributed by atoms with E-state index in [9.17, 15) is 0 Å². The molecule has 4 nitrogen and oxygen atoms in total. The third-order valence-corrected chi connectivity index (χ3v) is 3.50. The van der Waals surface area contributed by atoms with E-state index >= 15 is 0 Å². The quantitative estimate of drug-likeness (QED) is 0.776. The average Bonchev–Trinajstić information content (AvgIpc) is 2.91. The van der Waals surface area contributed by atoms with Crippen LogP contribution in [0, 0.1) is 0 Å². The average molecular weight is 321 g/mol. The molecular formula is C14H20Cl2NO3-. The molecule has 1 aromatic rings. The third-order valence-electron chi connectivity index (χ3n) is 3.22. The van der Waals surface area contributed by atoms with Gasteiger partial charge in [0.25, 0.3) is 0 Å². The van der Waals surface area contributed by atoms with Crippen molar-refractivity contribution in [3.05, 3.63) is 22.7 Å². The second kappa shape index (κ2) is 8.57. The predicted octanol–water partition coefficient (Wildman–Crippen LogP) is -0.370. The van der Waals surface area contributed by atoms with Crippen LogP contribution in [0.1, 0.15) is 18.4 Å². The molecule has 114 valence electrons. The van der Waals surface area contributed by atoms with Crippen LogP contribution >= 0.6 is 11.6 Å². The molecule has 0 bridgehead atoms. The van der Waals surface area contributed by atoms with Gasteiger partial charge in [-0.05, 0) is 30.5 Å². The summed E-state index contributed by atoms with van der Waals surface area (Å²) in [5, 5.41) is 3.95. The summed E-state index contributed by atoms with van der Waals surface area (Å²) in [7, 11) is 3.19. The predicted molar refractivity (Wildman–Crippen MR) is 75.2 cm³/mol. The Balaban J connectivity index is 0.00000200. The fraction of sp³-hybridized carbons (Fsp3) is 0.571. The Morgan fingerprint density at radius 3 is 2.75 bits per heavy atom. The van der Waals surface area contributed by atoms with Crippen LogP contribution in [-0.4, -0.2) is 33.5 Å². The molecule has 1 N–H and O–H groups in total. The van der Waals surface area contributed by atoms with E-state index in [4.69, 9.17) is 25.8 Å². The molecule has 1 aliphatic heterocycles. The van der Waals surface area contributed by atoms with Gasteiger partial charge in [0.05, 0.1) is 25.3 Å². The minimum absolute atomic E-state index is 0. The zero-order valence-corrected chi connectivity index (χ0v) is 13.3. The first-order chi connectivity index (χ1) is 9.24. The summed E-state index contributed by atoms with van der Waals surface area (Å²) in [6.07, 6.45) is 2.64. The number of halogens is 2. The van der Waals surface area contributed by atoms with Gasteiger partial charge in [0.1, 0.15) is 0 Å². The van der Waals surface area contributed by atoms with Gasteiger partial charge in [0, 0.05) is 19.7 Å². The highest BCUT2D eigenvalue weighted by Gasteiger charge is 2.15.